The van der Waals surface area contributed by atoms with Gasteiger partial charge in [0.25, 0.3) is 0 Å². The van der Waals surface area contributed by atoms with Crippen molar-refractivity contribution in [3.63, 3.8) is 0 Å². The lowest BCUT2D eigenvalue weighted by Crippen LogP contribution is -2.39. The third kappa shape index (κ3) is 1.87. The average Bonchev–Trinajstić information content (AvgIpc) is 2.29. The maximum absolute atomic E-state index is 2.49. The molecule has 1 heteroatoms. The summed E-state index contributed by atoms with van der Waals surface area (Å²) in [5, 5.41) is 0. The molecule has 0 saturated heterocycles. The highest BCUT2D eigenvalue weighted by molar-refractivity contribution is 6.11. The van der Waals surface area contributed by atoms with Crippen LogP contribution in [0.3, 0.4) is 0 Å². The first kappa shape index (κ1) is 10.2. The Morgan fingerprint density at radius 2 is 1.33 bits per heavy atom. The van der Waals surface area contributed by atoms with Gasteiger partial charge in [-0.05, 0) is 42.9 Å². The van der Waals surface area contributed by atoms with E-state index < -0.39 is 0 Å². The van der Waals surface area contributed by atoms with E-state index >= 15 is 0 Å². The van der Waals surface area contributed by atoms with Crippen molar-refractivity contribution in [3.8, 4) is 0 Å². The Hall–Kier alpha value is 0.0649. The largest absolute Gasteiger partial charge is 0.105 e. The lowest BCUT2D eigenvalue weighted by atomic mass is 9.54. The molecule has 0 aromatic rings. The standard InChI is InChI=1S/C14H25B/c15-12-8-7-11-6-5-10-3-1-2-4-13(10)14(11)9-12/h10-14H,1-9,15H2. The molecule has 3 aliphatic rings. The molecule has 15 heavy (non-hydrogen) atoms. The van der Waals surface area contributed by atoms with Gasteiger partial charge in [0.2, 0.25) is 0 Å². The summed E-state index contributed by atoms with van der Waals surface area (Å²) in [5.41, 5.74) is 0. The summed E-state index contributed by atoms with van der Waals surface area (Å²) < 4.78 is 0. The minimum absolute atomic E-state index is 1.03. The van der Waals surface area contributed by atoms with E-state index in [-0.39, 0.29) is 0 Å². The van der Waals surface area contributed by atoms with Gasteiger partial charge in [-0.15, -0.1) is 0 Å². The highest BCUT2D eigenvalue weighted by atomic mass is 14.5. The molecule has 0 aromatic carbocycles. The van der Waals surface area contributed by atoms with Gasteiger partial charge in [0.05, 0.1) is 0 Å². The quantitative estimate of drug-likeness (QED) is 0.530. The Morgan fingerprint density at radius 1 is 0.667 bits per heavy atom. The summed E-state index contributed by atoms with van der Waals surface area (Å²) in [6.07, 6.45) is 14.1. The molecule has 3 aliphatic carbocycles. The summed E-state index contributed by atoms with van der Waals surface area (Å²) in [4.78, 5) is 0. The summed E-state index contributed by atoms with van der Waals surface area (Å²) in [6.45, 7) is 0. The van der Waals surface area contributed by atoms with Gasteiger partial charge in [-0.3, -0.25) is 0 Å². The molecule has 0 heterocycles. The lowest BCUT2D eigenvalue weighted by molar-refractivity contribution is 0.0281. The van der Waals surface area contributed by atoms with Crippen LogP contribution in [0.1, 0.15) is 57.8 Å². The van der Waals surface area contributed by atoms with Crippen LogP contribution in [-0.4, -0.2) is 7.85 Å². The Balaban J connectivity index is 1.74. The van der Waals surface area contributed by atoms with Crippen molar-refractivity contribution in [2.24, 2.45) is 23.7 Å². The second kappa shape index (κ2) is 4.15. The lowest BCUT2D eigenvalue weighted by Gasteiger charge is -2.49. The van der Waals surface area contributed by atoms with Crippen LogP contribution in [0.25, 0.3) is 0 Å². The van der Waals surface area contributed by atoms with E-state index in [0.29, 0.717) is 0 Å². The Labute approximate surface area is 95.6 Å². The van der Waals surface area contributed by atoms with Gasteiger partial charge in [0, 0.05) is 0 Å². The van der Waals surface area contributed by atoms with Crippen LogP contribution in [-0.2, 0) is 0 Å². The first-order valence-corrected chi connectivity index (χ1v) is 7.34. The topological polar surface area (TPSA) is 0 Å². The zero-order chi connectivity index (χ0) is 10.3. The molecule has 84 valence electrons. The van der Waals surface area contributed by atoms with Crippen LogP contribution in [0, 0.1) is 23.7 Å². The van der Waals surface area contributed by atoms with E-state index in [1.54, 1.807) is 44.9 Å². The van der Waals surface area contributed by atoms with Crippen molar-refractivity contribution < 1.29 is 0 Å². The molecule has 0 aliphatic heterocycles. The highest BCUT2D eigenvalue weighted by Crippen LogP contribution is 2.52. The fourth-order valence-electron chi connectivity index (χ4n) is 4.96. The molecule has 0 aromatic heterocycles. The molecule has 0 radical (unpaired) electrons. The Morgan fingerprint density at radius 3 is 2.20 bits per heavy atom. The minimum atomic E-state index is 1.03. The maximum atomic E-state index is 2.49. The monoisotopic (exact) mass is 204 g/mol. The first-order valence-electron chi connectivity index (χ1n) is 7.34. The molecule has 0 N–H and O–H groups in total. The van der Waals surface area contributed by atoms with Crippen LogP contribution in [0.5, 0.6) is 0 Å². The third-order valence-electron chi connectivity index (χ3n) is 5.74. The van der Waals surface area contributed by atoms with Gasteiger partial charge in [-0.2, -0.15) is 0 Å². The van der Waals surface area contributed by atoms with Gasteiger partial charge in [-0.25, -0.2) is 0 Å². The predicted octanol–water partition coefficient (Wildman–Crippen LogP) is 3.42. The molecular weight excluding hydrogens is 179 g/mol. The van der Waals surface area contributed by atoms with Gasteiger partial charge >= 0.3 is 0 Å². The number of fused-ring (bicyclic) bond motifs is 3. The molecular formula is C14H25B. The fourth-order valence-corrected chi connectivity index (χ4v) is 4.96. The van der Waals surface area contributed by atoms with Crippen molar-refractivity contribution in [1.82, 2.24) is 0 Å². The third-order valence-corrected chi connectivity index (χ3v) is 5.74. The van der Waals surface area contributed by atoms with Crippen LogP contribution >= 0.6 is 0 Å². The second-order valence-corrected chi connectivity index (χ2v) is 6.63. The number of hydrogen-bond acceptors (Lipinski definition) is 0. The van der Waals surface area contributed by atoms with Crippen LogP contribution in [0.15, 0.2) is 0 Å². The fraction of sp³-hybridized carbons (Fsp3) is 1.00. The van der Waals surface area contributed by atoms with E-state index in [1.165, 1.54) is 12.8 Å². The molecule has 3 saturated carbocycles. The van der Waals surface area contributed by atoms with Crippen molar-refractivity contribution in [1.29, 1.82) is 0 Å². The number of rotatable bonds is 0. The molecule has 5 atom stereocenters. The zero-order valence-corrected chi connectivity index (χ0v) is 10.3. The molecule has 0 amide bonds. The molecule has 3 rings (SSSR count). The second-order valence-electron chi connectivity index (χ2n) is 6.63. The van der Waals surface area contributed by atoms with E-state index in [0.717, 1.165) is 29.5 Å². The van der Waals surface area contributed by atoms with E-state index in [2.05, 4.69) is 7.85 Å². The van der Waals surface area contributed by atoms with Crippen LogP contribution in [0.2, 0.25) is 5.82 Å². The minimum Gasteiger partial charge on any atom is -0.0694 e. The normalized spacial score (nSPS) is 50.5. The summed E-state index contributed by atoms with van der Waals surface area (Å²) in [5.74, 6) is 5.62. The summed E-state index contributed by atoms with van der Waals surface area (Å²) in [7, 11) is 2.49. The molecule has 5 unspecified atom stereocenters. The van der Waals surface area contributed by atoms with Gasteiger partial charge in [0.1, 0.15) is 7.85 Å². The SMILES string of the molecule is BC1CCC2CCC3CCCCC3C2C1. The predicted molar refractivity (Wildman–Crippen MR) is 67.8 cm³/mol. The van der Waals surface area contributed by atoms with Crippen molar-refractivity contribution >= 4 is 7.85 Å². The molecule has 3 fully saturated rings. The van der Waals surface area contributed by atoms with Crippen LogP contribution in [0.4, 0.5) is 0 Å². The maximum Gasteiger partial charge on any atom is 0.105 e. The summed E-state index contributed by atoms with van der Waals surface area (Å²) in [6, 6.07) is 0. The molecule has 0 spiro atoms. The van der Waals surface area contributed by atoms with Crippen LogP contribution < -0.4 is 0 Å². The smallest absolute Gasteiger partial charge is 0.0694 e. The van der Waals surface area contributed by atoms with E-state index in [4.69, 9.17) is 0 Å². The van der Waals surface area contributed by atoms with Gasteiger partial charge in [-0.1, -0.05) is 44.3 Å². The Kier molecular flexibility index (Phi) is 2.83. The van der Waals surface area contributed by atoms with Crippen molar-refractivity contribution in [3.05, 3.63) is 0 Å². The number of hydrogen-bond donors (Lipinski definition) is 0. The van der Waals surface area contributed by atoms with E-state index in [9.17, 15) is 0 Å². The average molecular weight is 204 g/mol. The van der Waals surface area contributed by atoms with Gasteiger partial charge in [0.15, 0.2) is 0 Å². The molecule has 0 nitrogen and oxygen atoms in total. The van der Waals surface area contributed by atoms with E-state index in [1.807, 2.05) is 0 Å². The van der Waals surface area contributed by atoms with Gasteiger partial charge < -0.3 is 0 Å². The first-order chi connectivity index (χ1) is 7.34. The summed E-state index contributed by atoms with van der Waals surface area (Å²) >= 11 is 0. The molecule has 0 bridgehead atoms. The highest BCUT2D eigenvalue weighted by Gasteiger charge is 2.42. The van der Waals surface area contributed by atoms with Crippen molar-refractivity contribution in [2.45, 2.75) is 63.6 Å². The zero-order valence-electron chi connectivity index (χ0n) is 10.3. The van der Waals surface area contributed by atoms with Crippen molar-refractivity contribution in [2.75, 3.05) is 0 Å². The Bertz CT molecular complexity index is 225.